The average molecular weight is 309 g/mol. The molecule has 0 N–H and O–H groups in total. The number of fused-ring (bicyclic) bond motifs is 1. The maximum Gasteiger partial charge on any atom is 0.256 e. The van der Waals surface area contributed by atoms with Crippen molar-refractivity contribution in [2.75, 3.05) is 6.54 Å². The summed E-state index contributed by atoms with van der Waals surface area (Å²) < 4.78 is 0. The first-order chi connectivity index (χ1) is 11.1. The van der Waals surface area contributed by atoms with Crippen LogP contribution in [0.4, 0.5) is 0 Å². The van der Waals surface area contributed by atoms with Crippen LogP contribution in [0.25, 0.3) is 11.0 Å². The smallest absolute Gasteiger partial charge is 0.256 e. The lowest BCUT2D eigenvalue weighted by molar-refractivity contribution is -0.0700. The van der Waals surface area contributed by atoms with E-state index < -0.39 is 0 Å². The lowest BCUT2D eigenvalue weighted by Crippen LogP contribution is -2.67. The predicted octanol–water partition coefficient (Wildman–Crippen LogP) is 3.67. The molecular weight excluding hydrogens is 286 g/mol. The first kappa shape index (κ1) is 14.6. The highest BCUT2D eigenvalue weighted by Crippen LogP contribution is 2.53. The van der Waals surface area contributed by atoms with Crippen LogP contribution in [0.1, 0.15) is 49.9 Å². The van der Waals surface area contributed by atoms with E-state index >= 15 is 0 Å². The summed E-state index contributed by atoms with van der Waals surface area (Å²) in [4.78, 5) is 23.9. The summed E-state index contributed by atoms with van der Waals surface area (Å²) in [5, 5.41) is 0. The normalized spacial score (nSPS) is 22.7. The van der Waals surface area contributed by atoms with E-state index in [1.165, 1.54) is 25.7 Å². The number of benzene rings is 1. The Morgan fingerprint density at radius 3 is 2.70 bits per heavy atom. The van der Waals surface area contributed by atoms with Crippen LogP contribution >= 0.6 is 0 Å². The maximum atomic E-state index is 13.2. The van der Waals surface area contributed by atoms with Gasteiger partial charge in [0.2, 0.25) is 0 Å². The quantitative estimate of drug-likeness (QED) is 0.850. The van der Waals surface area contributed by atoms with Crippen LogP contribution in [0, 0.1) is 11.3 Å². The number of aromatic nitrogens is 2. The molecule has 2 fully saturated rings. The van der Waals surface area contributed by atoms with Crippen LogP contribution in [0.15, 0.2) is 30.6 Å². The molecule has 1 atom stereocenters. The summed E-state index contributed by atoms with van der Waals surface area (Å²) in [6, 6.07) is 6.06. The molecule has 2 aromatic rings. The fourth-order valence-electron chi connectivity index (χ4n) is 4.87. The topological polar surface area (TPSA) is 46.1 Å². The van der Waals surface area contributed by atoms with Gasteiger partial charge in [-0.15, -0.1) is 0 Å². The number of hydrogen-bond donors (Lipinski definition) is 0. The van der Waals surface area contributed by atoms with Gasteiger partial charge in [-0.3, -0.25) is 14.8 Å². The molecule has 0 bridgehead atoms. The molecule has 1 aliphatic carbocycles. The van der Waals surface area contributed by atoms with Crippen molar-refractivity contribution in [3.05, 3.63) is 36.2 Å². The molecule has 2 heterocycles. The molecule has 2 aliphatic rings. The van der Waals surface area contributed by atoms with Crippen LogP contribution in [0.5, 0.6) is 0 Å². The minimum atomic E-state index is 0.118. The number of carbonyl (C=O) groups is 1. The van der Waals surface area contributed by atoms with Gasteiger partial charge in [0.05, 0.1) is 11.1 Å². The molecule has 1 unspecified atom stereocenters. The molecule has 1 saturated heterocycles. The Morgan fingerprint density at radius 1 is 1.22 bits per heavy atom. The Kier molecular flexibility index (Phi) is 3.36. The summed E-state index contributed by atoms with van der Waals surface area (Å²) in [5.74, 6) is 0.610. The van der Waals surface area contributed by atoms with E-state index in [1.807, 2.05) is 18.2 Å². The van der Waals surface area contributed by atoms with Crippen molar-refractivity contribution in [1.29, 1.82) is 0 Å². The molecule has 0 radical (unpaired) electrons. The highest BCUT2D eigenvalue weighted by molar-refractivity contribution is 6.05. The Hall–Kier alpha value is -1.97. The lowest BCUT2D eigenvalue weighted by Gasteiger charge is -2.58. The van der Waals surface area contributed by atoms with Crippen molar-refractivity contribution in [2.24, 2.45) is 11.3 Å². The highest BCUT2D eigenvalue weighted by Gasteiger charge is 2.56. The lowest BCUT2D eigenvalue weighted by atomic mass is 9.65. The van der Waals surface area contributed by atoms with Gasteiger partial charge < -0.3 is 4.90 Å². The Labute approximate surface area is 136 Å². The molecule has 4 rings (SSSR count). The minimum absolute atomic E-state index is 0.118. The fraction of sp³-hybridized carbons (Fsp3) is 0.526. The molecule has 4 nitrogen and oxygen atoms in total. The van der Waals surface area contributed by atoms with Gasteiger partial charge in [0, 0.05) is 30.4 Å². The van der Waals surface area contributed by atoms with E-state index in [9.17, 15) is 4.79 Å². The fourth-order valence-corrected chi connectivity index (χ4v) is 4.87. The van der Waals surface area contributed by atoms with E-state index in [0.717, 1.165) is 17.6 Å². The molecule has 23 heavy (non-hydrogen) atoms. The zero-order valence-corrected chi connectivity index (χ0v) is 13.8. The van der Waals surface area contributed by atoms with Crippen molar-refractivity contribution < 1.29 is 4.79 Å². The van der Waals surface area contributed by atoms with Crippen molar-refractivity contribution in [3.8, 4) is 0 Å². The zero-order valence-electron chi connectivity index (χ0n) is 13.8. The van der Waals surface area contributed by atoms with Crippen molar-refractivity contribution >= 4 is 16.9 Å². The van der Waals surface area contributed by atoms with E-state index in [2.05, 4.69) is 28.7 Å². The average Bonchev–Trinajstić information content (AvgIpc) is 3.02. The number of nitrogens with zero attached hydrogens (tertiary/aromatic N) is 3. The largest absolute Gasteiger partial charge is 0.334 e. The second kappa shape index (κ2) is 5.29. The summed E-state index contributed by atoms with van der Waals surface area (Å²) in [7, 11) is 0. The molecular formula is C19H23N3O. The standard InChI is InChI=1S/C19H23N3O/c1-13(2)17-19(8-3-4-9-19)12-22(17)18(23)14-6-5-7-15-16(14)21-11-10-20-15/h5-7,10-11,13,17H,3-4,8-9,12H2,1-2H3. The molecule has 1 aromatic carbocycles. The van der Waals surface area contributed by atoms with E-state index in [4.69, 9.17) is 0 Å². The molecule has 1 saturated carbocycles. The number of carbonyl (C=O) groups excluding carboxylic acids is 1. The maximum absolute atomic E-state index is 13.2. The first-order valence-electron chi connectivity index (χ1n) is 8.63. The third-order valence-electron chi connectivity index (χ3n) is 5.67. The zero-order chi connectivity index (χ0) is 16.0. The minimum Gasteiger partial charge on any atom is -0.334 e. The van der Waals surface area contributed by atoms with Gasteiger partial charge in [-0.2, -0.15) is 0 Å². The van der Waals surface area contributed by atoms with Crippen LogP contribution in [0.3, 0.4) is 0 Å². The molecule has 1 aromatic heterocycles. The monoisotopic (exact) mass is 309 g/mol. The molecule has 1 spiro atoms. The van der Waals surface area contributed by atoms with Crippen LogP contribution in [-0.4, -0.2) is 33.4 Å². The van der Waals surface area contributed by atoms with Crippen LogP contribution in [0.2, 0.25) is 0 Å². The predicted molar refractivity (Wildman–Crippen MR) is 90.1 cm³/mol. The van der Waals surface area contributed by atoms with Gasteiger partial charge in [-0.1, -0.05) is 32.8 Å². The summed E-state index contributed by atoms with van der Waals surface area (Å²) in [6.45, 7) is 5.39. The Bertz CT molecular complexity index is 744. The number of likely N-dealkylation sites (tertiary alicyclic amines) is 1. The van der Waals surface area contributed by atoms with Gasteiger partial charge in [0.1, 0.15) is 5.52 Å². The summed E-state index contributed by atoms with van der Waals surface area (Å²) >= 11 is 0. The number of rotatable bonds is 2. The Morgan fingerprint density at radius 2 is 1.96 bits per heavy atom. The second-order valence-corrected chi connectivity index (χ2v) is 7.42. The Balaban J connectivity index is 1.69. The highest BCUT2D eigenvalue weighted by atomic mass is 16.2. The van der Waals surface area contributed by atoms with Crippen LogP contribution < -0.4 is 0 Å². The van der Waals surface area contributed by atoms with Gasteiger partial charge in [-0.05, 0) is 30.9 Å². The van der Waals surface area contributed by atoms with E-state index in [0.29, 0.717) is 22.9 Å². The van der Waals surface area contributed by atoms with Gasteiger partial charge >= 0.3 is 0 Å². The van der Waals surface area contributed by atoms with Gasteiger partial charge in [0.25, 0.3) is 5.91 Å². The number of amides is 1. The molecule has 1 aliphatic heterocycles. The summed E-state index contributed by atoms with van der Waals surface area (Å²) in [6.07, 6.45) is 8.50. The molecule has 120 valence electrons. The third-order valence-corrected chi connectivity index (χ3v) is 5.67. The summed E-state index contributed by atoms with van der Waals surface area (Å²) in [5.41, 5.74) is 2.57. The molecule has 4 heteroatoms. The van der Waals surface area contributed by atoms with Crippen LogP contribution in [-0.2, 0) is 0 Å². The SMILES string of the molecule is CC(C)C1N(C(=O)c2cccc3nccnc23)CC12CCCC2. The van der Waals surface area contributed by atoms with E-state index in [1.54, 1.807) is 12.4 Å². The van der Waals surface area contributed by atoms with Crippen molar-refractivity contribution in [1.82, 2.24) is 14.9 Å². The van der Waals surface area contributed by atoms with Gasteiger partial charge in [0.15, 0.2) is 0 Å². The third kappa shape index (κ3) is 2.15. The van der Waals surface area contributed by atoms with E-state index in [-0.39, 0.29) is 5.91 Å². The molecule has 1 amide bonds. The number of hydrogen-bond acceptors (Lipinski definition) is 3. The number of para-hydroxylation sites is 1. The second-order valence-electron chi connectivity index (χ2n) is 7.42. The van der Waals surface area contributed by atoms with Crippen molar-refractivity contribution in [3.63, 3.8) is 0 Å². The van der Waals surface area contributed by atoms with Gasteiger partial charge in [-0.25, -0.2) is 0 Å². The van der Waals surface area contributed by atoms with Crippen molar-refractivity contribution in [2.45, 2.75) is 45.6 Å². The first-order valence-corrected chi connectivity index (χ1v) is 8.63.